The van der Waals surface area contributed by atoms with E-state index in [-0.39, 0.29) is 22.9 Å². The standard InChI is InChI=1S/C29H45N9O2/c1-18(30)21-15-38(26-25(32-4)24(19(2)31)35-20(3)36-26)13-5-22(21)34-17-28-6-9-29(10-7-28,11-8-28)37-27(39)23-16-40-14-12-33-23/h23,30-34H,5-17H2,1-4H3,(H,37,39)/t23-,28?,29?/m0/s1. The zero-order chi connectivity index (χ0) is 28.5. The molecule has 6 rings (SSSR count). The number of anilines is 2. The third-order valence-corrected chi connectivity index (χ3v) is 9.41. The highest BCUT2D eigenvalue weighted by Crippen LogP contribution is 2.52. The molecule has 3 saturated carbocycles. The Hall–Kier alpha value is -3.05. The average molecular weight is 552 g/mol. The third-order valence-electron chi connectivity index (χ3n) is 9.41. The Kier molecular flexibility index (Phi) is 8.15. The number of hydrogen-bond donors (Lipinski definition) is 6. The first-order chi connectivity index (χ1) is 19.1. The molecule has 11 heteroatoms. The van der Waals surface area contributed by atoms with E-state index in [1.807, 2.05) is 20.9 Å². The van der Waals surface area contributed by atoms with Gasteiger partial charge in [-0.05, 0) is 64.7 Å². The monoisotopic (exact) mass is 551 g/mol. The summed E-state index contributed by atoms with van der Waals surface area (Å²) in [6, 6.07) is -0.241. The Morgan fingerprint density at radius 3 is 2.45 bits per heavy atom. The fourth-order valence-electron chi connectivity index (χ4n) is 6.86. The first kappa shape index (κ1) is 28.5. The molecule has 11 nitrogen and oxygen atoms in total. The summed E-state index contributed by atoms with van der Waals surface area (Å²) >= 11 is 0. The number of fused-ring (bicyclic) bond motifs is 3. The van der Waals surface area contributed by atoms with Crippen LogP contribution in [0.25, 0.3) is 0 Å². The van der Waals surface area contributed by atoms with Gasteiger partial charge in [-0.1, -0.05) is 0 Å². The molecule has 0 unspecified atom stereocenters. The molecule has 1 aromatic heterocycles. The van der Waals surface area contributed by atoms with Crippen LogP contribution in [-0.4, -0.2) is 85.3 Å². The molecular formula is C29H45N9O2. The van der Waals surface area contributed by atoms with E-state index in [2.05, 4.69) is 31.2 Å². The second-order valence-electron chi connectivity index (χ2n) is 12.2. The molecule has 3 aliphatic carbocycles. The summed E-state index contributed by atoms with van der Waals surface area (Å²) in [7, 11) is 1.84. The Bertz CT molecular complexity index is 1180. The Morgan fingerprint density at radius 2 is 1.85 bits per heavy atom. The van der Waals surface area contributed by atoms with Crippen LogP contribution in [-0.2, 0) is 9.53 Å². The van der Waals surface area contributed by atoms with Crippen LogP contribution in [0, 0.1) is 23.2 Å². The fourth-order valence-corrected chi connectivity index (χ4v) is 6.86. The average Bonchev–Trinajstić information content (AvgIpc) is 2.97. The first-order valence-corrected chi connectivity index (χ1v) is 14.7. The van der Waals surface area contributed by atoms with Crippen LogP contribution in [0.2, 0.25) is 0 Å². The highest BCUT2D eigenvalue weighted by atomic mass is 16.5. The predicted octanol–water partition coefficient (Wildman–Crippen LogP) is 2.51. The van der Waals surface area contributed by atoms with E-state index in [9.17, 15) is 4.79 Å². The number of carbonyl (C=O) groups excluding carboxylic acids is 1. The van der Waals surface area contributed by atoms with Gasteiger partial charge in [0, 0.05) is 62.2 Å². The molecule has 1 saturated heterocycles. The highest BCUT2D eigenvalue weighted by Gasteiger charge is 2.49. The number of hydrogen-bond acceptors (Lipinski definition) is 10. The summed E-state index contributed by atoms with van der Waals surface area (Å²) in [5.74, 6) is 1.51. The lowest BCUT2D eigenvalue weighted by molar-refractivity contribution is -0.130. The minimum Gasteiger partial charge on any atom is -0.387 e. The van der Waals surface area contributed by atoms with Crippen molar-refractivity contribution >= 4 is 28.8 Å². The van der Waals surface area contributed by atoms with Crippen LogP contribution in [0.15, 0.2) is 11.3 Å². The van der Waals surface area contributed by atoms with Crippen molar-refractivity contribution in [3.63, 3.8) is 0 Å². The lowest BCUT2D eigenvalue weighted by Gasteiger charge is -2.54. The zero-order valence-electron chi connectivity index (χ0n) is 24.4. The number of nitrogens with one attached hydrogen (secondary N) is 6. The molecule has 1 amide bonds. The van der Waals surface area contributed by atoms with Crippen LogP contribution >= 0.6 is 0 Å². The molecular weight excluding hydrogens is 506 g/mol. The van der Waals surface area contributed by atoms with Crippen LogP contribution in [0.1, 0.15) is 70.3 Å². The Balaban J connectivity index is 1.24. The van der Waals surface area contributed by atoms with Gasteiger partial charge < -0.3 is 41.7 Å². The quantitative estimate of drug-likeness (QED) is 0.256. The summed E-state index contributed by atoms with van der Waals surface area (Å²) in [5.41, 5.74) is 4.70. The molecule has 2 aliphatic heterocycles. The maximum Gasteiger partial charge on any atom is 0.239 e. The van der Waals surface area contributed by atoms with Crippen LogP contribution < -0.4 is 26.2 Å². The van der Waals surface area contributed by atoms with Gasteiger partial charge in [0.05, 0.1) is 18.9 Å². The number of ether oxygens (including phenoxy) is 1. The maximum atomic E-state index is 12.9. The van der Waals surface area contributed by atoms with Crippen LogP contribution in [0.5, 0.6) is 0 Å². The summed E-state index contributed by atoms with van der Waals surface area (Å²) in [5, 5.41) is 30.4. The van der Waals surface area contributed by atoms with Crippen LogP contribution in [0.4, 0.5) is 11.5 Å². The SMILES string of the molecule is CNc1c(C(C)=N)nc(C)nc1N1CCC(NCC23CCC(NC(=O)[C@@H]4COCCN4)(CC2)CC3)=C(C(C)=N)C1. The van der Waals surface area contributed by atoms with E-state index in [0.29, 0.717) is 42.7 Å². The van der Waals surface area contributed by atoms with Gasteiger partial charge in [0.2, 0.25) is 5.91 Å². The molecule has 0 radical (unpaired) electrons. The van der Waals surface area contributed by atoms with E-state index >= 15 is 0 Å². The van der Waals surface area contributed by atoms with Gasteiger partial charge in [0.15, 0.2) is 5.82 Å². The van der Waals surface area contributed by atoms with E-state index in [1.165, 1.54) is 0 Å². The molecule has 218 valence electrons. The molecule has 3 heterocycles. The van der Waals surface area contributed by atoms with Crippen molar-refractivity contribution in [2.45, 2.75) is 77.3 Å². The van der Waals surface area contributed by atoms with Crippen molar-refractivity contribution in [1.82, 2.24) is 25.9 Å². The van der Waals surface area contributed by atoms with Crippen LogP contribution in [0.3, 0.4) is 0 Å². The minimum absolute atomic E-state index is 0.0757. The summed E-state index contributed by atoms with van der Waals surface area (Å²) < 4.78 is 5.49. The van der Waals surface area contributed by atoms with Gasteiger partial charge in [0.1, 0.15) is 23.2 Å². The van der Waals surface area contributed by atoms with E-state index < -0.39 is 0 Å². The number of aromatic nitrogens is 2. The van der Waals surface area contributed by atoms with Crippen molar-refractivity contribution in [2.24, 2.45) is 5.41 Å². The Morgan fingerprint density at radius 1 is 1.12 bits per heavy atom. The smallest absolute Gasteiger partial charge is 0.239 e. The molecule has 4 fully saturated rings. The minimum atomic E-state index is -0.241. The Labute approximate surface area is 237 Å². The molecule has 0 spiro atoms. The maximum absolute atomic E-state index is 12.9. The number of nitrogens with zero attached hydrogens (tertiary/aromatic N) is 3. The van der Waals surface area contributed by atoms with Gasteiger partial charge >= 0.3 is 0 Å². The lowest BCUT2D eigenvalue weighted by Crippen LogP contribution is -2.62. The second-order valence-corrected chi connectivity index (χ2v) is 12.2. The lowest BCUT2D eigenvalue weighted by atomic mass is 9.57. The molecule has 40 heavy (non-hydrogen) atoms. The van der Waals surface area contributed by atoms with Crippen molar-refractivity contribution < 1.29 is 9.53 Å². The van der Waals surface area contributed by atoms with Gasteiger partial charge in [-0.15, -0.1) is 0 Å². The van der Waals surface area contributed by atoms with Crippen molar-refractivity contribution in [2.75, 3.05) is 56.7 Å². The normalized spacial score (nSPS) is 28.3. The number of rotatable bonds is 9. The summed E-state index contributed by atoms with van der Waals surface area (Å²) in [4.78, 5) is 24.3. The zero-order valence-corrected chi connectivity index (χ0v) is 24.4. The van der Waals surface area contributed by atoms with E-state index in [1.54, 1.807) is 6.92 Å². The second kappa shape index (κ2) is 11.4. The predicted molar refractivity (Wildman–Crippen MR) is 158 cm³/mol. The van der Waals surface area contributed by atoms with Crippen molar-refractivity contribution in [3.05, 3.63) is 22.8 Å². The number of carbonyl (C=O) groups is 1. The molecule has 6 N–H and O–H groups in total. The molecule has 1 atom stereocenters. The molecule has 0 aromatic carbocycles. The van der Waals surface area contributed by atoms with Gasteiger partial charge in [0.25, 0.3) is 0 Å². The number of amides is 1. The van der Waals surface area contributed by atoms with Gasteiger partial charge in [-0.25, -0.2) is 9.97 Å². The number of aryl methyl sites for hydroxylation is 1. The van der Waals surface area contributed by atoms with Crippen molar-refractivity contribution in [3.8, 4) is 0 Å². The first-order valence-electron chi connectivity index (χ1n) is 14.7. The summed E-state index contributed by atoms with van der Waals surface area (Å²) in [6.07, 6.45) is 7.17. The molecule has 1 aromatic rings. The van der Waals surface area contributed by atoms with Gasteiger partial charge in [-0.2, -0.15) is 0 Å². The van der Waals surface area contributed by atoms with Gasteiger partial charge in [-0.3, -0.25) is 4.79 Å². The highest BCUT2D eigenvalue weighted by molar-refractivity contribution is 6.02. The van der Waals surface area contributed by atoms with Crippen molar-refractivity contribution in [1.29, 1.82) is 10.8 Å². The fraction of sp³-hybridized carbons (Fsp3) is 0.690. The summed E-state index contributed by atoms with van der Waals surface area (Å²) in [6.45, 7) is 9.60. The third kappa shape index (κ3) is 5.72. The topological polar surface area (TPSA) is 151 Å². The van der Waals surface area contributed by atoms with E-state index in [0.717, 1.165) is 87.4 Å². The molecule has 5 aliphatic rings. The number of morpholine rings is 1. The molecule has 2 bridgehead atoms. The largest absolute Gasteiger partial charge is 0.387 e. The van der Waals surface area contributed by atoms with E-state index in [4.69, 9.17) is 20.5 Å².